The summed E-state index contributed by atoms with van der Waals surface area (Å²) >= 11 is 6.16. The fourth-order valence-electron chi connectivity index (χ4n) is 9.48. The van der Waals surface area contributed by atoms with Crippen molar-refractivity contribution < 1.29 is 155 Å². The van der Waals surface area contributed by atoms with Gasteiger partial charge in [0.15, 0.2) is 11.6 Å². The largest absolute Gasteiger partial charge is 1.00 e. The van der Waals surface area contributed by atoms with Crippen molar-refractivity contribution in [3.63, 3.8) is 0 Å². The number of nitrogens with one attached hydrogen (secondary N) is 3. The predicted molar refractivity (Wildman–Crippen MR) is 298 cm³/mol. The summed E-state index contributed by atoms with van der Waals surface area (Å²) in [5.74, 6) is 1.87. The molecule has 4 fully saturated rings. The van der Waals surface area contributed by atoms with Crippen LogP contribution in [-0.4, -0.2) is 122 Å². The Kier molecular flexibility index (Phi) is 24.0. The zero-order chi connectivity index (χ0) is 59.5. The van der Waals surface area contributed by atoms with Crippen molar-refractivity contribution in [3.05, 3.63) is 88.9 Å². The number of ether oxygens (including phenoxy) is 2. The molecule has 2 unspecified atom stereocenters. The summed E-state index contributed by atoms with van der Waals surface area (Å²) in [5, 5.41) is 28.6. The zero-order valence-electron chi connectivity index (χ0n) is 50.7. The van der Waals surface area contributed by atoms with E-state index < -0.39 is 31.9 Å². The topological polar surface area (TPSA) is 307 Å². The van der Waals surface area contributed by atoms with Gasteiger partial charge in [-0.2, -0.15) is 10.2 Å². The summed E-state index contributed by atoms with van der Waals surface area (Å²) in [6, 6.07) is 9.67. The Morgan fingerprint density at radius 3 is 1.52 bits per heavy atom. The van der Waals surface area contributed by atoms with Crippen LogP contribution in [0.1, 0.15) is 127 Å². The van der Waals surface area contributed by atoms with Crippen LogP contribution in [-0.2, 0) is 43.8 Å². The maximum atomic E-state index is 13.4. The molecule has 3 N–H and O–H groups in total. The second kappa shape index (κ2) is 28.4. The van der Waals surface area contributed by atoms with Crippen LogP contribution in [0.3, 0.4) is 0 Å². The number of amides is 2. The molecule has 10 rings (SSSR count). The number of hydrogen-bond acceptors (Lipinski definition) is 19. The number of nitrogens with zero attached hydrogens (tertiary/aromatic N) is 11. The Morgan fingerprint density at radius 2 is 1.17 bits per heavy atom. The Bertz CT molecular complexity index is 3500. The van der Waals surface area contributed by atoms with Gasteiger partial charge in [-0.3, -0.25) is 23.7 Å². The fourth-order valence-corrected chi connectivity index (χ4v) is 12.1. The van der Waals surface area contributed by atoms with E-state index in [1.165, 1.54) is 58.5 Å². The number of sulfonamides is 2. The normalized spacial score (nSPS) is 18.4. The summed E-state index contributed by atoms with van der Waals surface area (Å²) in [7, 11) is -5.03. The SMILES string of the molecule is CC1CNC(C)(C)C1.Cc1nn(C)cc1S(=O)(=O)NC(=O)c1ccc(-n2ccc(OCC3(C)CC3)n2)nc1Cl.Cc1nn(C)cc1S(=O)(=O)NC(=O)c1ccc(-n2ccc(OCC3(C)CC3)n2)nc1N1CC(C)CC1(C)C.O=CO[O-].[H-].[K+].[K+]. The first-order chi connectivity index (χ1) is 37.8. The number of aromatic nitrogens is 10. The van der Waals surface area contributed by atoms with Gasteiger partial charge in [0.25, 0.3) is 38.3 Å². The minimum absolute atomic E-state index is 0. The van der Waals surface area contributed by atoms with Crippen molar-refractivity contribution in [1.82, 2.24) is 63.9 Å². The van der Waals surface area contributed by atoms with Crippen molar-refractivity contribution in [2.24, 2.45) is 36.8 Å². The number of carbonyl (C=O) groups excluding carboxylic acids is 3. The number of hydrogen-bond donors (Lipinski definition) is 3. The molecule has 25 nitrogen and oxygen atoms in total. The number of pyridine rings is 2. The van der Waals surface area contributed by atoms with E-state index in [9.17, 15) is 26.4 Å². The van der Waals surface area contributed by atoms with E-state index in [-0.39, 0.29) is 159 Å². The molecule has 0 bridgehead atoms. The molecular formula is C53H73ClK2N14O11S2. The van der Waals surface area contributed by atoms with E-state index in [0.717, 1.165) is 38.0 Å². The summed E-state index contributed by atoms with van der Waals surface area (Å²) in [6.07, 6.45) is 13.0. The van der Waals surface area contributed by atoms with Crippen LogP contribution >= 0.6 is 11.6 Å². The van der Waals surface area contributed by atoms with Gasteiger partial charge in [0.05, 0.1) is 35.7 Å². The van der Waals surface area contributed by atoms with E-state index in [4.69, 9.17) is 36.1 Å². The van der Waals surface area contributed by atoms with E-state index in [1.54, 1.807) is 62.4 Å². The molecule has 4 aliphatic rings. The number of halogens is 1. The maximum Gasteiger partial charge on any atom is 1.00 e. The quantitative estimate of drug-likeness (QED) is 0.0360. The second-order valence-electron chi connectivity index (χ2n) is 23.3. The van der Waals surface area contributed by atoms with Crippen LogP contribution in [0.15, 0.2) is 71.0 Å². The number of carbonyl (C=O) groups is 3. The Balaban J connectivity index is 0.000000295. The van der Waals surface area contributed by atoms with Gasteiger partial charge in [-0.1, -0.05) is 39.3 Å². The Morgan fingerprint density at radius 1 is 0.723 bits per heavy atom. The third-order valence-corrected chi connectivity index (χ3v) is 17.4. The van der Waals surface area contributed by atoms with Crippen molar-refractivity contribution in [3.8, 4) is 23.4 Å². The van der Waals surface area contributed by atoms with Crippen LogP contribution in [0.5, 0.6) is 11.8 Å². The first-order valence-electron chi connectivity index (χ1n) is 26.3. The molecule has 2 aliphatic carbocycles. The standard InChI is InChI=1S/C26H35N7O4S.C19H21ClN6O4S.C7H15N.CH2O3.2K.H/c1-17-13-25(3,4)32(14-17)23-19(24(34)30-38(35,36)20-15-31(6)28-18(20)2)7-8-21(27-23)33-12-9-22(29-33)37-16-26(5)10-11-26;1-12-14(10-25(3)22-12)31(28,29)24-18(27)13-4-5-15(21-17(13)20)26-9-6-16(23-26)30-11-19(2)7-8-19;1-6-4-7(2,3)8-5-6;2-1-4-3;;;/h7-9,12,15,17H,10-11,13-14,16H2,1-6H3,(H,30,34);4-6,9-10H,7-8,11H2,1-3H3,(H,24,27);6,8H,4-5H2,1-3H3;1,3H;;;/q;;;;2*+1;-1/p-1. The molecule has 83 heavy (non-hydrogen) atoms. The monoisotopic (exact) mass is 1260 g/mol. The molecule has 0 aromatic carbocycles. The minimum Gasteiger partial charge on any atom is -1.00 e. The van der Waals surface area contributed by atoms with Gasteiger partial charge >= 0.3 is 103 Å². The minimum atomic E-state index is -4.13. The van der Waals surface area contributed by atoms with Crippen LogP contribution in [0.25, 0.3) is 11.6 Å². The Labute approximate surface area is 576 Å². The van der Waals surface area contributed by atoms with Gasteiger partial charge in [0, 0.05) is 79.5 Å². The third kappa shape index (κ3) is 18.9. The average Bonchev–Trinajstić information content (AvgIpc) is 3.98. The van der Waals surface area contributed by atoms with Crippen molar-refractivity contribution in [1.29, 1.82) is 0 Å². The molecule has 6 aromatic heterocycles. The van der Waals surface area contributed by atoms with E-state index in [0.29, 0.717) is 66.1 Å². The fraction of sp³-hybridized carbons (Fsp3) is 0.528. The molecule has 2 atom stereocenters. The molecule has 0 spiro atoms. The third-order valence-electron chi connectivity index (χ3n) is 14.3. The number of aryl methyl sites for hydroxylation is 4. The molecular weight excluding hydrogens is 1190 g/mol. The first-order valence-corrected chi connectivity index (χ1v) is 29.6. The van der Waals surface area contributed by atoms with Crippen LogP contribution in [0, 0.1) is 36.5 Å². The molecule has 6 aromatic rings. The molecule has 0 radical (unpaired) electrons. The summed E-state index contributed by atoms with van der Waals surface area (Å²) in [4.78, 5) is 48.1. The molecule has 2 aliphatic heterocycles. The van der Waals surface area contributed by atoms with E-state index in [2.05, 4.69) is 101 Å². The first kappa shape index (κ1) is 70.1. The average molecular weight is 1260 g/mol. The second-order valence-corrected chi connectivity index (χ2v) is 27.0. The maximum absolute atomic E-state index is 13.4. The molecule has 2 amide bonds. The number of anilines is 1. The van der Waals surface area contributed by atoms with Gasteiger partial charge in [-0.05, 0) is 123 Å². The van der Waals surface area contributed by atoms with Crippen molar-refractivity contribution >= 4 is 55.8 Å². The summed E-state index contributed by atoms with van der Waals surface area (Å²) in [6.45, 7) is 23.6. The summed E-state index contributed by atoms with van der Waals surface area (Å²) in [5.41, 5.74) is 1.27. The van der Waals surface area contributed by atoms with Gasteiger partial charge in [-0.15, -0.1) is 10.2 Å². The van der Waals surface area contributed by atoms with Gasteiger partial charge < -0.3 is 31.3 Å². The smallest absolute Gasteiger partial charge is 1.00 e. The molecule has 30 heteroatoms. The van der Waals surface area contributed by atoms with Crippen LogP contribution in [0.2, 0.25) is 5.15 Å². The molecule has 2 saturated carbocycles. The molecule has 8 heterocycles. The van der Waals surface area contributed by atoms with Crippen LogP contribution < -0.4 is 137 Å². The van der Waals surface area contributed by atoms with Gasteiger partial charge in [0.2, 0.25) is 11.8 Å². The van der Waals surface area contributed by atoms with Gasteiger partial charge in [0.1, 0.15) is 20.8 Å². The van der Waals surface area contributed by atoms with E-state index >= 15 is 0 Å². The van der Waals surface area contributed by atoms with Crippen molar-refractivity contribution in [2.45, 2.75) is 129 Å². The number of rotatable bonds is 16. The van der Waals surface area contributed by atoms with E-state index in [1.807, 2.05) is 4.72 Å². The molecule has 2 saturated heterocycles. The molecule has 442 valence electrons. The van der Waals surface area contributed by atoms with Crippen molar-refractivity contribution in [2.75, 3.05) is 31.2 Å². The van der Waals surface area contributed by atoms with Gasteiger partial charge in [-0.25, -0.2) is 45.6 Å². The van der Waals surface area contributed by atoms with Crippen LogP contribution in [0.4, 0.5) is 5.82 Å². The Hall–Kier alpha value is -3.67. The predicted octanol–water partition coefficient (Wildman–Crippen LogP) is -0.559. The zero-order valence-corrected chi connectivity index (χ0v) is 58.3. The summed E-state index contributed by atoms with van der Waals surface area (Å²) < 4.78 is 72.7.